The van der Waals surface area contributed by atoms with Gasteiger partial charge in [-0.25, -0.2) is 13.2 Å². The van der Waals surface area contributed by atoms with Crippen LogP contribution in [0.2, 0.25) is 0 Å². The average Bonchev–Trinajstić information content (AvgIpc) is 3.23. The van der Waals surface area contributed by atoms with E-state index >= 15 is 0 Å². The van der Waals surface area contributed by atoms with Gasteiger partial charge in [0.2, 0.25) is 10.0 Å². The molecule has 0 amide bonds. The van der Waals surface area contributed by atoms with Gasteiger partial charge in [0.1, 0.15) is 17.5 Å². The monoisotopic (exact) mass is 556 g/mol. The molecule has 11 heteroatoms. The molecule has 0 aliphatic carbocycles. The van der Waals surface area contributed by atoms with Gasteiger partial charge in [-0.1, -0.05) is 67.6 Å². The molecule has 1 fully saturated rings. The van der Waals surface area contributed by atoms with E-state index in [-0.39, 0.29) is 19.0 Å². The second-order valence-corrected chi connectivity index (χ2v) is 11.9. The SMILES string of the molecule is CC[C@]1(COCc2ccccc2)O[C@@H](n2cc(C)c(N)nc2=O)[C@H](N(C)S(C)(=O)=O)[C@@H]1OCc1ccccc1. The van der Waals surface area contributed by atoms with Crippen molar-refractivity contribution in [3.8, 4) is 0 Å². The first-order valence-electron chi connectivity index (χ1n) is 12.8. The van der Waals surface area contributed by atoms with Crippen molar-refractivity contribution in [3.63, 3.8) is 0 Å². The molecule has 1 aliphatic heterocycles. The fourth-order valence-electron chi connectivity index (χ4n) is 4.84. The Morgan fingerprint density at radius 2 is 1.67 bits per heavy atom. The standard InChI is InChI=1S/C28H36N4O6S/c1-5-28(19-36-17-21-12-8-6-9-13-21)24(37-18-22-14-10-7-11-15-22)23(31(3)39(4,34)35)26(38-28)32-16-20(2)25(29)30-27(32)33/h6-16,23-24,26H,5,17-19H2,1-4H3,(H2,29,30,33)/t23-,24+,26-,28-/m1/s1. The second kappa shape index (κ2) is 12.0. The highest BCUT2D eigenvalue weighted by molar-refractivity contribution is 7.88. The number of nitrogen functional groups attached to an aromatic ring is 1. The van der Waals surface area contributed by atoms with E-state index in [0.717, 1.165) is 17.4 Å². The van der Waals surface area contributed by atoms with Crippen molar-refractivity contribution in [2.45, 2.75) is 57.5 Å². The van der Waals surface area contributed by atoms with Crippen LogP contribution in [0.5, 0.6) is 0 Å². The number of ether oxygens (including phenoxy) is 3. The number of aromatic nitrogens is 2. The molecule has 4 atom stereocenters. The molecule has 2 aromatic carbocycles. The maximum Gasteiger partial charge on any atom is 0.351 e. The first-order valence-corrected chi connectivity index (χ1v) is 14.6. The first kappa shape index (κ1) is 28.9. The number of nitrogens with zero attached hydrogens (tertiary/aromatic N) is 3. The number of benzene rings is 2. The van der Waals surface area contributed by atoms with E-state index in [1.54, 1.807) is 13.1 Å². The highest BCUT2D eigenvalue weighted by Crippen LogP contribution is 2.44. The number of aryl methyl sites for hydroxylation is 1. The lowest BCUT2D eigenvalue weighted by molar-refractivity contribution is -0.158. The summed E-state index contributed by atoms with van der Waals surface area (Å²) in [6.45, 7) is 4.31. The first-order chi connectivity index (χ1) is 18.6. The van der Waals surface area contributed by atoms with Crippen LogP contribution in [0.25, 0.3) is 0 Å². The van der Waals surface area contributed by atoms with E-state index in [1.807, 2.05) is 67.6 Å². The van der Waals surface area contributed by atoms with Gasteiger partial charge in [0.25, 0.3) is 0 Å². The Morgan fingerprint density at radius 3 is 2.23 bits per heavy atom. The van der Waals surface area contributed by atoms with Gasteiger partial charge in [0.15, 0.2) is 6.23 Å². The summed E-state index contributed by atoms with van der Waals surface area (Å²) in [5, 5.41) is 0. The van der Waals surface area contributed by atoms with E-state index < -0.39 is 39.7 Å². The van der Waals surface area contributed by atoms with Gasteiger partial charge in [0.05, 0.1) is 32.1 Å². The highest BCUT2D eigenvalue weighted by Gasteiger charge is 2.59. The molecule has 210 valence electrons. The molecule has 0 unspecified atom stereocenters. The lowest BCUT2D eigenvalue weighted by Crippen LogP contribution is -2.53. The third kappa shape index (κ3) is 6.39. The number of likely N-dealkylation sites (N-methyl/N-ethyl adjacent to an activating group) is 1. The Kier molecular flexibility index (Phi) is 8.87. The number of sulfonamides is 1. The smallest absolute Gasteiger partial charge is 0.351 e. The van der Waals surface area contributed by atoms with Gasteiger partial charge in [-0.2, -0.15) is 9.29 Å². The lowest BCUT2D eigenvalue weighted by Gasteiger charge is -2.36. The van der Waals surface area contributed by atoms with Crippen LogP contribution < -0.4 is 11.4 Å². The zero-order valence-corrected chi connectivity index (χ0v) is 23.5. The summed E-state index contributed by atoms with van der Waals surface area (Å²) in [5.74, 6) is 0.104. The van der Waals surface area contributed by atoms with Crippen LogP contribution in [0, 0.1) is 6.92 Å². The largest absolute Gasteiger partial charge is 0.383 e. The predicted octanol–water partition coefficient (Wildman–Crippen LogP) is 2.87. The van der Waals surface area contributed by atoms with E-state index in [2.05, 4.69) is 4.98 Å². The summed E-state index contributed by atoms with van der Waals surface area (Å²) in [6.07, 6.45) is 1.27. The van der Waals surface area contributed by atoms with E-state index in [9.17, 15) is 13.2 Å². The van der Waals surface area contributed by atoms with Crippen LogP contribution in [0.1, 0.15) is 36.3 Å². The Bertz CT molecular complexity index is 1420. The molecule has 0 saturated carbocycles. The van der Waals surface area contributed by atoms with Gasteiger partial charge < -0.3 is 19.9 Å². The normalized spacial score (nSPS) is 23.4. The third-order valence-electron chi connectivity index (χ3n) is 7.20. The van der Waals surface area contributed by atoms with Crippen molar-refractivity contribution < 1.29 is 22.6 Å². The van der Waals surface area contributed by atoms with Crippen LogP contribution in [-0.4, -0.2) is 59.9 Å². The molecule has 2 heterocycles. The highest BCUT2D eigenvalue weighted by atomic mass is 32.2. The molecule has 2 N–H and O–H groups in total. The molecule has 4 rings (SSSR count). The van der Waals surface area contributed by atoms with Gasteiger partial charge in [0, 0.05) is 18.8 Å². The molecule has 0 spiro atoms. The predicted molar refractivity (Wildman–Crippen MR) is 148 cm³/mol. The topological polar surface area (TPSA) is 126 Å². The van der Waals surface area contributed by atoms with Crippen molar-refractivity contribution in [1.82, 2.24) is 13.9 Å². The number of hydrogen-bond acceptors (Lipinski definition) is 8. The quantitative estimate of drug-likeness (QED) is 0.382. The minimum atomic E-state index is -3.72. The molecule has 0 radical (unpaired) electrons. The molecule has 1 saturated heterocycles. The van der Waals surface area contributed by atoms with Gasteiger partial charge in [-0.15, -0.1) is 0 Å². The van der Waals surface area contributed by atoms with Crippen molar-refractivity contribution in [3.05, 3.63) is 94.0 Å². The van der Waals surface area contributed by atoms with Crippen molar-refractivity contribution in [2.24, 2.45) is 0 Å². The fourth-order valence-corrected chi connectivity index (χ4v) is 5.50. The number of nitrogens with two attached hydrogens (primary N) is 1. The molecule has 1 aromatic heterocycles. The molecule has 10 nitrogen and oxygen atoms in total. The Balaban J connectivity index is 1.77. The van der Waals surface area contributed by atoms with Crippen LogP contribution in [0.15, 0.2) is 71.7 Å². The maximum absolute atomic E-state index is 13.0. The summed E-state index contributed by atoms with van der Waals surface area (Å²) in [4.78, 5) is 17.0. The third-order valence-corrected chi connectivity index (χ3v) is 8.49. The van der Waals surface area contributed by atoms with E-state index in [4.69, 9.17) is 19.9 Å². The second-order valence-electron chi connectivity index (χ2n) is 9.89. The minimum Gasteiger partial charge on any atom is -0.383 e. The van der Waals surface area contributed by atoms with E-state index in [1.165, 1.54) is 15.9 Å². The van der Waals surface area contributed by atoms with Gasteiger partial charge >= 0.3 is 5.69 Å². The molecule has 0 bridgehead atoms. The fraction of sp³-hybridized carbons (Fsp3) is 0.429. The number of rotatable bonds is 11. The summed E-state index contributed by atoms with van der Waals surface area (Å²) in [7, 11) is -2.26. The van der Waals surface area contributed by atoms with E-state index in [0.29, 0.717) is 18.6 Å². The maximum atomic E-state index is 13.0. The van der Waals surface area contributed by atoms with Crippen LogP contribution >= 0.6 is 0 Å². The average molecular weight is 557 g/mol. The summed E-state index contributed by atoms with van der Waals surface area (Å²) >= 11 is 0. The zero-order valence-electron chi connectivity index (χ0n) is 22.7. The van der Waals surface area contributed by atoms with Crippen molar-refractivity contribution in [2.75, 3.05) is 25.6 Å². The van der Waals surface area contributed by atoms with Crippen LogP contribution in [-0.2, 0) is 37.4 Å². The molecular weight excluding hydrogens is 520 g/mol. The Labute approximate surface area is 229 Å². The van der Waals surface area contributed by atoms with Crippen LogP contribution in [0.4, 0.5) is 5.82 Å². The molecule has 3 aromatic rings. The Morgan fingerprint density at radius 1 is 1.08 bits per heavy atom. The number of hydrogen-bond donors (Lipinski definition) is 1. The van der Waals surface area contributed by atoms with Crippen LogP contribution in [0.3, 0.4) is 0 Å². The summed E-state index contributed by atoms with van der Waals surface area (Å²) in [5.41, 5.74) is 6.62. The number of anilines is 1. The van der Waals surface area contributed by atoms with Crippen molar-refractivity contribution >= 4 is 15.8 Å². The summed E-state index contributed by atoms with van der Waals surface area (Å²) < 4.78 is 47.6. The molecular formula is C28H36N4O6S. The van der Waals surface area contributed by atoms with Gasteiger partial charge in [-0.05, 0) is 24.5 Å². The lowest BCUT2D eigenvalue weighted by atomic mass is 9.91. The Hall–Kier alpha value is -3.09. The van der Waals surface area contributed by atoms with Crippen molar-refractivity contribution in [1.29, 1.82) is 0 Å². The molecule has 1 aliphatic rings. The van der Waals surface area contributed by atoms with Gasteiger partial charge in [-0.3, -0.25) is 4.57 Å². The minimum absolute atomic E-state index is 0.104. The zero-order chi connectivity index (χ0) is 28.2. The molecule has 39 heavy (non-hydrogen) atoms. The summed E-state index contributed by atoms with van der Waals surface area (Å²) in [6, 6.07) is 18.4.